The number of anilines is 2. The van der Waals surface area contributed by atoms with E-state index < -0.39 is 11.7 Å². The molecule has 34 heavy (non-hydrogen) atoms. The number of amides is 2. The molecular formula is C23H18ClFN6O2S. The van der Waals surface area contributed by atoms with Gasteiger partial charge in [-0.15, -0.1) is 11.6 Å². The number of rotatable bonds is 5. The van der Waals surface area contributed by atoms with Gasteiger partial charge in [-0.3, -0.25) is 14.6 Å². The first-order valence-corrected chi connectivity index (χ1v) is 11.8. The van der Waals surface area contributed by atoms with Gasteiger partial charge in [0.15, 0.2) is 10.9 Å². The first kappa shape index (κ1) is 22.2. The van der Waals surface area contributed by atoms with Gasteiger partial charge in [-0.1, -0.05) is 11.3 Å². The molecule has 0 unspecified atom stereocenters. The standard InChI is InChI=1S/C23H18ClFN6O2S/c1-12(32)27-23-29-17-6-5-15-20(13-3-2-8-26-11-13)30-31(21(15)22(17)34-23)18-7-4-14(9-16(18)25)28-19(33)10-24/h2-4,7-9,11H,5-6,10H2,1H3,(H,28,33)(H,27,29,32). The average Bonchev–Trinajstić information content (AvgIpc) is 3.40. The third-order valence-electron chi connectivity index (χ3n) is 5.31. The van der Waals surface area contributed by atoms with Crippen LogP contribution in [0.2, 0.25) is 0 Å². The number of carbonyl (C=O) groups is 2. The smallest absolute Gasteiger partial charge is 0.239 e. The second-order valence-corrected chi connectivity index (χ2v) is 8.92. The summed E-state index contributed by atoms with van der Waals surface area (Å²) in [5.74, 6) is -1.43. The number of carbonyl (C=O) groups excluding carboxylic acids is 2. The summed E-state index contributed by atoms with van der Waals surface area (Å²) < 4.78 is 16.9. The molecule has 3 heterocycles. The number of aromatic nitrogens is 4. The minimum absolute atomic E-state index is 0.212. The van der Waals surface area contributed by atoms with Gasteiger partial charge in [0, 0.05) is 36.1 Å². The highest BCUT2D eigenvalue weighted by molar-refractivity contribution is 7.19. The molecule has 0 spiro atoms. The Balaban J connectivity index is 1.68. The second-order valence-electron chi connectivity index (χ2n) is 7.65. The number of hydrogen-bond acceptors (Lipinski definition) is 6. The lowest BCUT2D eigenvalue weighted by Crippen LogP contribution is -2.13. The summed E-state index contributed by atoms with van der Waals surface area (Å²) in [5.41, 5.74) is 4.56. The Bertz CT molecular complexity index is 1420. The van der Waals surface area contributed by atoms with Crippen LogP contribution in [0.4, 0.5) is 15.2 Å². The number of hydrogen-bond donors (Lipinski definition) is 2. The van der Waals surface area contributed by atoms with Gasteiger partial charge in [0.25, 0.3) is 0 Å². The van der Waals surface area contributed by atoms with E-state index in [1.54, 1.807) is 29.2 Å². The third-order valence-corrected chi connectivity index (χ3v) is 6.57. The van der Waals surface area contributed by atoms with Crippen molar-refractivity contribution in [3.8, 4) is 27.5 Å². The molecule has 3 aromatic heterocycles. The van der Waals surface area contributed by atoms with Crippen molar-refractivity contribution in [1.82, 2.24) is 19.7 Å². The lowest BCUT2D eigenvalue weighted by molar-refractivity contribution is -0.114. The third kappa shape index (κ3) is 4.06. The number of halogens is 2. The van der Waals surface area contributed by atoms with Crippen LogP contribution in [0.5, 0.6) is 0 Å². The topological polar surface area (TPSA) is 102 Å². The highest BCUT2D eigenvalue weighted by atomic mass is 35.5. The molecule has 0 saturated carbocycles. The van der Waals surface area contributed by atoms with E-state index in [9.17, 15) is 9.59 Å². The summed E-state index contributed by atoms with van der Waals surface area (Å²) in [6, 6.07) is 8.12. The van der Waals surface area contributed by atoms with E-state index in [2.05, 4.69) is 20.6 Å². The minimum atomic E-state index is -0.561. The molecule has 8 nitrogen and oxygen atoms in total. The van der Waals surface area contributed by atoms with Gasteiger partial charge in [0.1, 0.15) is 11.6 Å². The maximum absolute atomic E-state index is 15.3. The van der Waals surface area contributed by atoms with Crippen molar-refractivity contribution >= 4 is 45.6 Å². The monoisotopic (exact) mass is 496 g/mol. The van der Waals surface area contributed by atoms with E-state index in [4.69, 9.17) is 16.7 Å². The van der Waals surface area contributed by atoms with Crippen LogP contribution in [0.15, 0.2) is 42.7 Å². The predicted molar refractivity (Wildman–Crippen MR) is 129 cm³/mol. The predicted octanol–water partition coefficient (Wildman–Crippen LogP) is 4.43. The van der Waals surface area contributed by atoms with Crippen LogP contribution < -0.4 is 10.6 Å². The highest BCUT2D eigenvalue weighted by Gasteiger charge is 2.30. The van der Waals surface area contributed by atoms with Gasteiger partial charge < -0.3 is 10.6 Å². The Morgan fingerprint density at radius 2 is 2.09 bits per heavy atom. The van der Waals surface area contributed by atoms with Gasteiger partial charge in [0.2, 0.25) is 11.8 Å². The molecular weight excluding hydrogens is 479 g/mol. The molecule has 1 aromatic carbocycles. The Labute approximate surface area is 202 Å². The maximum atomic E-state index is 15.3. The van der Waals surface area contributed by atoms with Gasteiger partial charge in [-0.2, -0.15) is 5.10 Å². The lowest BCUT2D eigenvalue weighted by Gasteiger charge is -2.15. The molecule has 1 aliphatic carbocycles. The summed E-state index contributed by atoms with van der Waals surface area (Å²) in [4.78, 5) is 32.8. The van der Waals surface area contributed by atoms with Gasteiger partial charge in [-0.25, -0.2) is 14.1 Å². The quantitative estimate of drug-likeness (QED) is 0.398. The molecule has 0 radical (unpaired) electrons. The molecule has 11 heteroatoms. The number of thiazole rings is 1. The van der Waals surface area contributed by atoms with Crippen molar-refractivity contribution in [1.29, 1.82) is 0 Å². The van der Waals surface area contributed by atoms with Gasteiger partial charge in [0.05, 0.1) is 22.0 Å². The minimum Gasteiger partial charge on any atom is -0.325 e. The first-order chi connectivity index (χ1) is 16.4. The molecule has 0 atom stereocenters. The summed E-state index contributed by atoms with van der Waals surface area (Å²) >= 11 is 6.87. The molecule has 0 fully saturated rings. The number of fused-ring (bicyclic) bond motifs is 3. The molecule has 2 N–H and O–H groups in total. The molecule has 0 aliphatic heterocycles. The van der Waals surface area contributed by atoms with E-state index >= 15 is 4.39 Å². The molecule has 0 saturated heterocycles. The number of benzene rings is 1. The summed E-state index contributed by atoms with van der Waals surface area (Å²) in [6.45, 7) is 1.43. The lowest BCUT2D eigenvalue weighted by atomic mass is 9.95. The zero-order chi connectivity index (χ0) is 23.8. The fraction of sp³-hybridized carbons (Fsp3) is 0.174. The van der Waals surface area contributed by atoms with Crippen molar-refractivity contribution in [2.75, 3.05) is 16.5 Å². The molecule has 5 rings (SSSR count). The fourth-order valence-corrected chi connectivity index (χ4v) is 5.12. The van der Waals surface area contributed by atoms with Crippen LogP contribution in [-0.4, -0.2) is 37.4 Å². The zero-order valence-electron chi connectivity index (χ0n) is 17.9. The molecule has 1 aliphatic rings. The van der Waals surface area contributed by atoms with E-state index in [0.29, 0.717) is 29.4 Å². The van der Waals surface area contributed by atoms with Crippen molar-refractivity contribution in [2.45, 2.75) is 19.8 Å². The number of nitrogens with one attached hydrogen (secondary N) is 2. The van der Waals surface area contributed by atoms with E-state index in [0.717, 1.165) is 27.4 Å². The number of alkyl halides is 1. The van der Waals surface area contributed by atoms with Crippen LogP contribution >= 0.6 is 22.9 Å². The number of aryl methyl sites for hydroxylation is 1. The van der Waals surface area contributed by atoms with Gasteiger partial charge in [-0.05, 0) is 43.2 Å². The Kier molecular flexibility index (Phi) is 5.84. The zero-order valence-corrected chi connectivity index (χ0v) is 19.5. The Morgan fingerprint density at radius 3 is 2.79 bits per heavy atom. The van der Waals surface area contributed by atoms with Crippen molar-refractivity contribution < 1.29 is 14.0 Å². The molecule has 4 aromatic rings. The van der Waals surface area contributed by atoms with Crippen LogP contribution in [0, 0.1) is 5.82 Å². The van der Waals surface area contributed by atoms with E-state index in [-0.39, 0.29) is 17.5 Å². The van der Waals surface area contributed by atoms with E-state index in [1.165, 1.54) is 24.3 Å². The van der Waals surface area contributed by atoms with Crippen LogP contribution in [-0.2, 0) is 22.4 Å². The Morgan fingerprint density at radius 1 is 1.24 bits per heavy atom. The van der Waals surface area contributed by atoms with Crippen molar-refractivity contribution in [3.63, 3.8) is 0 Å². The fourth-order valence-electron chi connectivity index (χ4n) is 3.93. The largest absolute Gasteiger partial charge is 0.325 e. The van der Waals surface area contributed by atoms with Crippen LogP contribution in [0.1, 0.15) is 18.2 Å². The highest BCUT2D eigenvalue weighted by Crippen LogP contribution is 2.44. The van der Waals surface area contributed by atoms with Crippen LogP contribution in [0.25, 0.3) is 27.5 Å². The average molecular weight is 497 g/mol. The SMILES string of the molecule is CC(=O)Nc1nc2c(s1)-c1c(c(-c3cccnc3)nn1-c1ccc(NC(=O)CCl)cc1F)CC2. The summed E-state index contributed by atoms with van der Waals surface area (Å²) in [7, 11) is 0. The van der Waals surface area contributed by atoms with Crippen molar-refractivity contribution in [3.05, 3.63) is 59.8 Å². The van der Waals surface area contributed by atoms with Gasteiger partial charge >= 0.3 is 0 Å². The van der Waals surface area contributed by atoms with Crippen molar-refractivity contribution in [2.24, 2.45) is 0 Å². The maximum Gasteiger partial charge on any atom is 0.239 e. The number of nitrogens with zero attached hydrogens (tertiary/aromatic N) is 4. The second kappa shape index (κ2) is 8.96. The Hall–Kier alpha value is -3.63. The number of pyridine rings is 1. The summed E-state index contributed by atoms with van der Waals surface area (Å²) in [6.07, 6.45) is 4.73. The van der Waals surface area contributed by atoms with Crippen LogP contribution in [0.3, 0.4) is 0 Å². The normalized spacial score (nSPS) is 12.1. The summed E-state index contributed by atoms with van der Waals surface area (Å²) in [5, 5.41) is 10.6. The van der Waals surface area contributed by atoms with E-state index in [1.807, 2.05) is 12.1 Å². The molecule has 0 bridgehead atoms. The first-order valence-electron chi connectivity index (χ1n) is 10.4. The molecule has 2 amide bonds. The molecule has 172 valence electrons.